The molecule has 108 valence electrons. The summed E-state index contributed by atoms with van der Waals surface area (Å²) >= 11 is 0. The molecular weight excluding hydrogens is 261 g/mol. The fraction of sp³-hybridized carbons (Fsp3) is 0.400. The summed E-state index contributed by atoms with van der Waals surface area (Å²) in [6.07, 6.45) is 2.36. The first-order valence-electron chi connectivity index (χ1n) is 6.57. The molecule has 0 bridgehead atoms. The van der Waals surface area contributed by atoms with Crippen molar-refractivity contribution in [1.29, 1.82) is 0 Å². The maximum absolute atomic E-state index is 13.9. The average molecular weight is 279 g/mol. The quantitative estimate of drug-likeness (QED) is 0.864. The molecule has 0 spiro atoms. The minimum absolute atomic E-state index is 0.0540. The highest BCUT2D eigenvalue weighted by Gasteiger charge is 2.24. The van der Waals surface area contributed by atoms with E-state index in [9.17, 15) is 9.18 Å². The first kappa shape index (κ1) is 14.5. The lowest BCUT2D eigenvalue weighted by atomic mass is 10.1. The number of halogens is 1. The zero-order chi connectivity index (χ0) is 14.7. The van der Waals surface area contributed by atoms with Gasteiger partial charge >= 0.3 is 5.97 Å². The maximum atomic E-state index is 13.9. The van der Waals surface area contributed by atoms with Crippen molar-refractivity contribution in [1.82, 2.24) is 0 Å². The Hall–Kier alpha value is -1.88. The summed E-state index contributed by atoms with van der Waals surface area (Å²) in [6, 6.07) is 4.77. The molecule has 20 heavy (non-hydrogen) atoms. The second-order valence-corrected chi connectivity index (χ2v) is 5.01. The number of hydrogen-bond acceptors (Lipinski definition) is 3. The van der Waals surface area contributed by atoms with Gasteiger partial charge in [0, 0.05) is 30.4 Å². The average Bonchev–Trinajstić information content (AvgIpc) is 2.35. The molecule has 0 aliphatic carbocycles. The Morgan fingerprint density at radius 1 is 1.40 bits per heavy atom. The van der Waals surface area contributed by atoms with E-state index in [0.717, 1.165) is 6.08 Å². The van der Waals surface area contributed by atoms with E-state index in [0.29, 0.717) is 24.3 Å². The van der Waals surface area contributed by atoms with Crippen LogP contribution in [0.5, 0.6) is 0 Å². The van der Waals surface area contributed by atoms with Crippen molar-refractivity contribution in [3.63, 3.8) is 0 Å². The van der Waals surface area contributed by atoms with Crippen LogP contribution in [0.15, 0.2) is 24.3 Å². The molecular formula is C15H18FNO3. The van der Waals surface area contributed by atoms with Crippen LogP contribution < -0.4 is 4.90 Å². The van der Waals surface area contributed by atoms with Crippen LogP contribution in [0.3, 0.4) is 0 Å². The number of carbonyl (C=O) groups is 1. The van der Waals surface area contributed by atoms with Crippen molar-refractivity contribution in [2.24, 2.45) is 0 Å². The number of benzene rings is 1. The summed E-state index contributed by atoms with van der Waals surface area (Å²) < 4.78 is 19.6. The van der Waals surface area contributed by atoms with Gasteiger partial charge < -0.3 is 14.7 Å². The second kappa shape index (κ2) is 6.05. The number of ether oxygens (including phenoxy) is 1. The Labute approximate surface area is 117 Å². The molecule has 2 unspecified atom stereocenters. The molecule has 1 saturated heterocycles. The van der Waals surface area contributed by atoms with Crippen molar-refractivity contribution < 1.29 is 19.0 Å². The molecule has 1 aromatic carbocycles. The predicted octanol–water partition coefficient (Wildman–Crippen LogP) is 2.54. The van der Waals surface area contributed by atoms with Crippen LogP contribution in [0.2, 0.25) is 0 Å². The van der Waals surface area contributed by atoms with Crippen LogP contribution in [0, 0.1) is 5.82 Å². The Morgan fingerprint density at radius 3 is 2.65 bits per heavy atom. The van der Waals surface area contributed by atoms with Crippen molar-refractivity contribution in [3.8, 4) is 0 Å². The highest BCUT2D eigenvalue weighted by atomic mass is 19.1. The van der Waals surface area contributed by atoms with E-state index < -0.39 is 11.8 Å². The number of anilines is 1. The summed E-state index contributed by atoms with van der Waals surface area (Å²) in [5, 5.41) is 8.71. The van der Waals surface area contributed by atoms with Crippen LogP contribution in [0.4, 0.5) is 10.1 Å². The SMILES string of the molecule is CC1CN(c2cccc(F)c2/C=C/C(=O)O)CC(C)O1. The number of aliphatic carboxylic acids is 1. The number of carboxylic acids is 1. The molecule has 4 nitrogen and oxygen atoms in total. The van der Waals surface area contributed by atoms with Crippen LogP contribution in [-0.2, 0) is 9.53 Å². The smallest absolute Gasteiger partial charge is 0.328 e. The summed E-state index contributed by atoms with van der Waals surface area (Å²) in [5.41, 5.74) is 1.00. The van der Waals surface area contributed by atoms with Gasteiger partial charge in [0.1, 0.15) is 5.82 Å². The van der Waals surface area contributed by atoms with Gasteiger partial charge in [-0.15, -0.1) is 0 Å². The second-order valence-electron chi connectivity index (χ2n) is 5.01. The Kier molecular flexibility index (Phi) is 4.39. The molecule has 0 amide bonds. The van der Waals surface area contributed by atoms with Crippen LogP contribution in [0.25, 0.3) is 6.08 Å². The Bertz CT molecular complexity index is 520. The highest BCUT2D eigenvalue weighted by molar-refractivity contribution is 5.87. The molecule has 1 N–H and O–H groups in total. The number of hydrogen-bond donors (Lipinski definition) is 1. The molecule has 1 aliphatic heterocycles. The fourth-order valence-corrected chi connectivity index (χ4v) is 2.50. The minimum atomic E-state index is -1.09. The third kappa shape index (κ3) is 3.36. The predicted molar refractivity (Wildman–Crippen MR) is 75.3 cm³/mol. The van der Waals surface area contributed by atoms with E-state index in [4.69, 9.17) is 9.84 Å². The summed E-state index contributed by atoms with van der Waals surface area (Å²) in [7, 11) is 0. The van der Waals surface area contributed by atoms with E-state index in [1.54, 1.807) is 12.1 Å². The van der Waals surface area contributed by atoms with Gasteiger partial charge in [-0.1, -0.05) is 6.07 Å². The van der Waals surface area contributed by atoms with E-state index >= 15 is 0 Å². The summed E-state index contributed by atoms with van der Waals surface area (Å²) in [5.74, 6) is -1.52. The molecule has 0 saturated carbocycles. The first-order valence-corrected chi connectivity index (χ1v) is 6.57. The molecule has 5 heteroatoms. The molecule has 1 aromatic rings. The Balaban J connectivity index is 2.35. The molecule has 2 atom stereocenters. The van der Waals surface area contributed by atoms with Gasteiger partial charge in [-0.05, 0) is 32.1 Å². The first-order chi connectivity index (χ1) is 9.47. The van der Waals surface area contributed by atoms with E-state index in [2.05, 4.69) is 0 Å². The van der Waals surface area contributed by atoms with Gasteiger partial charge in [0.2, 0.25) is 0 Å². The maximum Gasteiger partial charge on any atom is 0.328 e. The summed E-state index contributed by atoms with van der Waals surface area (Å²) in [6.45, 7) is 5.24. The lowest BCUT2D eigenvalue weighted by Gasteiger charge is -2.37. The molecule has 0 radical (unpaired) electrons. The summed E-state index contributed by atoms with van der Waals surface area (Å²) in [4.78, 5) is 12.7. The lowest BCUT2D eigenvalue weighted by Crippen LogP contribution is -2.45. The third-order valence-electron chi connectivity index (χ3n) is 3.18. The number of carboxylic acid groups (broad SMARTS) is 1. The van der Waals surface area contributed by atoms with Crippen LogP contribution >= 0.6 is 0 Å². The molecule has 2 rings (SSSR count). The topological polar surface area (TPSA) is 49.8 Å². The van der Waals surface area contributed by atoms with Crippen molar-refractivity contribution >= 4 is 17.7 Å². The minimum Gasteiger partial charge on any atom is -0.478 e. The van der Waals surface area contributed by atoms with Gasteiger partial charge in [0.15, 0.2) is 0 Å². The molecule has 1 fully saturated rings. The van der Waals surface area contributed by atoms with Gasteiger partial charge in [-0.3, -0.25) is 0 Å². The van der Waals surface area contributed by atoms with Gasteiger partial charge in [0.25, 0.3) is 0 Å². The van der Waals surface area contributed by atoms with Gasteiger partial charge in [-0.2, -0.15) is 0 Å². The van der Waals surface area contributed by atoms with Crippen molar-refractivity contribution in [2.75, 3.05) is 18.0 Å². The van der Waals surface area contributed by atoms with E-state index in [1.807, 2.05) is 18.7 Å². The zero-order valence-electron chi connectivity index (χ0n) is 11.5. The molecule has 1 heterocycles. The largest absolute Gasteiger partial charge is 0.478 e. The number of rotatable bonds is 3. The third-order valence-corrected chi connectivity index (χ3v) is 3.18. The standard InChI is InChI=1S/C15H18FNO3/c1-10-8-17(9-11(2)20-10)14-5-3-4-13(16)12(14)6-7-15(18)19/h3-7,10-11H,8-9H2,1-2H3,(H,18,19)/b7-6+. The monoisotopic (exact) mass is 279 g/mol. The number of nitrogens with zero attached hydrogens (tertiary/aromatic N) is 1. The highest BCUT2D eigenvalue weighted by Crippen LogP contribution is 2.27. The van der Waals surface area contributed by atoms with Crippen molar-refractivity contribution in [2.45, 2.75) is 26.1 Å². The zero-order valence-corrected chi connectivity index (χ0v) is 11.5. The number of morpholine rings is 1. The van der Waals surface area contributed by atoms with Crippen LogP contribution in [-0.4, -0.2) is 36.4 Å². The fourth-order valence-electron chi connectivity index (χ4n) is 2.50. The van der Waals surface area contributed by atoms with Gasteiger partial charge in [-0.25, -0.2) is 9.18 Å². The molecule has 1 aliphatic rings. The Morgan fingerprint density at radius 2 is 2.05 bits per heavy atom. The van der Waals surface area contributed by atoms with Crippen molar-refractivity contribution in [3.05, 3.63) is 35.7 Å². The lowest BCUT2D eigenvalue weighted by molar-refractivity contribution is -0.131. The molecule has 0 aromatic heterocycles. The van der Waals surface area contributed by atoms with E-state index in [-0.39, 0.29) is 12.2 Å². The van der Waals surface area contributed by atoms with E-state index in [1.165, 1.54) is 12.1 Å². The normalized spacial score (nSPS) is 23.2. The van der Waals surface area contributed by atoms with Crippen LogP contribution in [0.1, 0.15) is 19.4 Å². The van der Waals surface area contributed by atoms with Gasteiger partial charge in [0.05, 0.1) is 12.2 Å².